The van der Waals surface area contributed by atoms with Crippen LogP contribution in [-0.4, -0.2) is 24.7 Å². The van der Waals surface area contributed by atoms with Gasteiger partial charge >= 0.3 is 0 Å². The molecule has 2 aromatic rings. The SMILES string of the molecule is Cc1ccc(OC(C)C(=O)NCCCc2cccc(OC(C)C)c2)c(C)c1. The molecule has 0 aliphatic carbocycles. The first-order valence-electron chi connectivity index (χ1n) is 9.62. The lowest BCUT2D eigenvalue weighted by molar-refractivity contribution is -0.127. The van der Waals surface area contributed by atoms with Crippen LogP contribution in [0, 0.1) is 13.8 Å². The maximum Gasteiger partial charge on any atom is 0.260 e. The van der Waals surface area contributed by atoms with E-state index in [1.807, 2.05) is 52.0 Å². The van der Waals surface area contributed by atoms with E-state index in [9.17, 15) is 4.79 Å². The maximum atomic E-state index is 12.3. The van der Waals surface area contributed by atoms with E-state index in [1.54, 1.807) is 6.92 Å². The van der Waals surface area contributed by atoms with Crippen molar-refractivity contribution in [3.8, 4) is 11.5 Å². The number of hydrogen-bond acceptors (Lipinski definition) is 3. The van der Waals surface area contributed by atoms with Crippen LogP contribution in [0.3, 0.4) is 0 Å². The monoisotopic (exact) mass is 369 g/mol. The standard InChI is InChI=1S/C23H31NO3/c1-16(2)26-21-10-6-8-20(15-21)9-7-13-24-23(25)19(5)27-22-12-11-17(3)14-18(22)4/h6,8,10-12,14-16,19H,7,9,13H2,1-5H3,(H,24,25). The van der Waals surface area contributed by atoms with E-state index < -0.39 is 6.10 Å². The van der Waals surface area contributed by atoms with Gasteiger partial charge in [-0.3, -0.25) is 4.79 Å². The van der Waals surface area contributed by atoms with Crippen molar-refractivity contribution in [1.82, 2.24) is 5.32 Å². The molecule has 0 radical (unpaired) electrons. The summed E-state index contributed by atoms with van der Waals surface area (Å²) in [6.45, 7) is 10.5. The van der Waals surface area contributed by atoms with Crippen molar-refractivity contribution in [2.24, 2.45) is 0 Å². The third-order valence-corrected chi connectivity index (χ3v) is 4.22. The molecular weight excluding hydrogens is 338 g/mol. The van der Waals surface area contributed by atoms with Gasteiger partial charge in [-0.15, -0.1) is 0 Å². The Morgan fingerprint density at radius 1 is 1.04 bits per heavy atom. The van der Waals surface area contributed by atoms with E-state index in [0.29, 0.717) is 6.54 Å². The summed E-state index contributed by atoms with van der Waals surface area (Å²) >= 11 is 0. The molecule has 0 heterocycles. The van der Waals surface area contributed by atoms with E-state index in [0.717, 1.165) is 29.9 Å². The summed E-state index contributed by atoms with van der Waals surface area (Å²) in [5, 5.41) is 2.96. The zero-order valence-corrected chi connectivity index (χ0v) is 17.0. The minimum atomic E-state index is -0.519. The summed E-state index contributed by atoms with van der Waals surface area (Å²) in [7, 11) is 0. The fraction of sp³-hybridized carbons (Fsp3) is 0.435. The molecule has 2 rings (SSSR count). The zero-order valence-electron chi connectivity index (χ0n) is 17.0. The molecule has 0 spiro atoms. The van der Waals surface area contributed by atoms with Gasteiger partial charge in [-0.2, -0.15) is 0 Å². The van der Waals surface area contributed by atoms with E-state index in [2.05, 4.69) is 23.5 Å². The largest absolute Gasteiger partial charge is 0.491 e. The lowest BCUT2D eigenvalue weighted by Crippen LogP contribution is -2.37. The van der Waals surface area contributed by atoms with Crippen LogP contribution in [0.25, 0.3) is 0 Å². The van der Waals surface area contributed by atoms with Gasteiger partial charge in [0, 0.05) is 6.54 Å². The number of carbonyl (C=O) groups is 1. The highest BCUT2D eigenvalue weighted by atomic mass is 16.5. The van der Waals surface area contributed by atoms with Gasteiger partial charge in [0.05, 0.1) is 6.10 Å². The number of amides is 1. The number of benzene rings is 2. The number of nitrogens with one attached hydrogen (secondary N) is 1. The topological polar surface area (TPSA) is 47.6 Å². The highest BCUT2D eigenvalue weighted by Crippen LogP contribution is 2.20. The molecule has 4 nitrogen and oxygen atoms in total. The van der Waals surface area contributed by atoms with Crippen LogP contribution in [0.2, 0.25) is 0 Å². The van der Waals surface area contributed by atoms with E-state index in [-0.39, 0.29) is 12.0 Å². The van der Waals surface area contributed by atoms with Gasteiger partial charge in [-0.1, -0.05) is 29.8 Å². The highest BCUT2D eigenvalue weighted by Gasteiger charge is 2.15. The van der Waals surface area contributed by atoms with E-state index in [1.165, 1.54) is 11.1 Å². The molecule has 1 unspecified atom stereocenters. The Bertz CT molecular complexity index is 755. The molecular formula is C23H31NO3. The van der Waals surface area contributed by atoms with E-state index >= 15 is 0 Å². The number of aryl methyl sites for hydroxylation is 3. The predicted octanol–water partition coefficient (Wildman–Crippen LogP) is 4.61. The molecule has 1 amide bonds. The Kier molecular flexibility index (Phi) is 7.71. The number of rotatable bonds is 9. The van der Waals surface area contributed by atoms with Gasteiger partial charge in [0.25, 0.3) is 5.91 Å². The van der Waals surface area contributed by atoms with Gasteiger partial charge in [0.1, 0.15) is 11.5 Å². The third-order valence-electron chi connectivity index (χ3n) is 4.22. The Morgan fingerprint density at radius 2 is 1.81 bits per heavy atom. The fourth-order valence-corrected chi connectivity index (χ4v) is 2.87. The van der Waals surface area contributed by atoms with Crippen molar-refractivity contribution < 1.29 is 14.3 Å². The van der Waals surface area contributed by atoms with Gasteiger partial charge in [-0.25, -0.2) is 0 Å². The Hall–Kier alpha value is -2.49. The molecule has 0 bridgehead atoms. The van der Waals surface area contributed by atoms with Crippen molar-refractivity contribution in [3.05, 3.63) is 59.2 Å². The molecule has 4 heteroatoms. The smallest absolute Gasteiger partial charge is 0.260 e. The van der Waals surface area contributed by atoms with Crippen molar-refractivity contribution >= 4 is 5.91 Å². The van der Waals surface area contributed by atoms with Crippen molar-refractivity contribution in [2.45, 2.75) is 59.7 Å². The van der Waals surface area contributed by atoms with Crippen LogP contribution in [-0.2, 0) is 11.2 Å². The summed E-state index contributed by atoms with van der Waals surface area (Å²) in [6.07, 6.45) is 1.40. The van der Waals surface area contributed by atoms with Crippen LogP contribution in [0.15, 0.2) is 42.5 Å². The highest BCUT2D eigenvalue weighted by molar-refractivity contribution is 5.80. The van der Waals surface area contributed by atoms with Crippen LogP contribution in [0.5, 0.6) is 11.5 Å². The van der Waals surface area contributed by atoms with Gasteiger partial charge < -0.3 is 14.8 Å². The predicted molar refractivity (Wildman–Crippen MR) is 110 cm³/mol. The molecule has 0 fully saturated rings. The summed E-state index contributed by atoms with van der Waals surface area (Å²) < 4.78 is 11.5. The van der Waals surface area contributed by atoms with Crippen LogP contribution >= 0.6 is 0 Å². The molecule has 0 saturated carbocycles. The molecule has 146 valence electrons. The molecule has 0 saturated heterocycles. The molecule has 0 aliphatic rings. The summed E-state index contributed by atoms with van der Waals surface area (Å²) in [4.78, 5) is 12.3. The van der Waals surface area contributed by atoms with Gasteiger partial charge in [0.15, 0.2) is 6.10 Å². The Morgan fingerprint density at radius 3 is 2.52 bits per heavy atom. The first-order valence-corrected chi connectivity index (χ1v) is 9.62. The van der Waals surface area contributed by atoms with Crippen LogP contribution in [0.4, 0.5) is 0 Å². The van der Waals surface area contributed by atoms with Crippen LogP contribution < -0.4 is 14.8 Å². The van der Waals surface area contributed by atoms with Crippen molar-refractivity contribution in [3.63, 3.8) is 0 Å². The Balaban J connectivity index is 1.75. The maximum absolute atomic E-state index is 12.3. The first-order chi connectivity index (χ1) is 12.8. The summed E-state index contributed by atoms with van der Waals surface area (Å²) in [5.74, 6) is 1.55. The van der Waals surface area contributed by atoms with E-state index in [4.69, 9.17) is 9.47 Å². The molecule has 27 heavy (non-hydrogen) atoms. The minimum absolute atomic E-state index is 0.0909. The second kappa shape index (κ2) is 10.0. The lowest BCUT2D eigenvalue weighted by atomic mass is 10.1. The van der Waals surface area contributed by atoms with Crippen molar-refractivity contribution in [2.75, 3.05) is 6.54 Å². The lowest BCUT2D eigenvalue weighted by Gasteiger charge is -2.16. The third kappa shape index (κ3) is 6.97. The first kappa shape index (κ1) is 20.8. The second-order valence-electron chi connectivity index (χ2n) is 7.24. The summed E-state index contributed by atoms with van der Waals surface area (Å²) in [5.41, 5.74) is 3.43. The molecule has 1 atom stereocenters. The average molecular weight is 370 g/mol. The normalized spacial score (nSPS) is 11.9. The average Bonchev–Trinajstić information content (AvgIpc) is 2.60. The second-order valence-corrected chi connectivity index (χ2v) is 7.24. The van der Waals surface area contributed by atoms with Crippen LogP contribution in [0.1, 0.15) is 43.9 Å². The molecule has 1 N–H and O–H groups in total. The molecule has 0 aromatic heterocycles. The zero-order chi connectivity index (χ0) is 19.8. The van der Waals surface area contributed by atoms with Crippen molar-refractivity contribution in [1.29, 1.82) is 0 Å². The number of ether oxygens (including phenoxy) is 2. The minimum Gasteiger partial charge on any atom is -0.491 e. The number of carbonyl (C=O) groups excluding carboxylic acids is 1. The fourth-order valence-electron chi connectivity index (χ4n) is 2.87. The Labute approximate surface area is 162 Å². The van der Waals surface area contributed by atoms with Gasteiger partial charge in [-0.05, 0) is 76.8 Å². The van der Waals surface area contributed by atoms with Gasteiger partial charge in [0.2, 0.25) is 0 Å². The quantitative estimate of drug-likeness (QED) is 0.657. The molecule has 2 aromatic carbocycles. The summed E-state index contributed by atoms with van der Waals surface area (Å²) in [6, 6.07) is 14.1. The number of hydrogen-bond donors (Lipinski definition) is 1. The molecule has 0 aliphatic heterocycles.